The molecule has 3 aromatic rings. The molecule has 5 rings (SSSR count). The molecule has 0 unspecified atom stereocenters. The van der Waals surface area contributed by atoms with Crippen LogP contribution in [0.2, 0.25) is 0 Å². The number of halogens is 3. The summed E-state index contributed by atoms with van der Waals surface area (Å²) in [6, 6.07) is 9.00. The molecule has 1 fully saturated rings. The number of anilines is 1. The number of hydrogen-bond donors (Lipinski definition) is 0. The number of nitrogens with zero attached hydrogens (tertiary/aromatic N) is 5. The predicted molar refractivity (Wildman–Crippen MR) is 123 cm³/mol. The average Bonchev–Trinajstić information content (AvgIpc) is 2.84. The first kappa shape index (κ1) is 23.1. The molecule has 1 amide bonds. The van der Waals surface area contributed by atoms with E-state index >= 15 is 0 Å². The highest BCUT2D eigenvalue weighted by Gasteiger charge is 2.31. The van der Waals surface area contributed by atoms with Crippen LogP contribution in [0.25, 0.3) is 0 Å². The molecule has 3 heterocycles. The number of benzene rings is 2. The van der Waals surface area contributed by atoms with Crippen molar-refractivity contribution in [3.63, 3.8) is 0 Å². The van der Waals surface area contributed by atoms with Gasteiger partial charge in [0, 0.05) is 45.2 Å². The van der Waals surface area contributed by atoms with E-state index in [4.69, 9.17) is 9.72 Å². The number of amides is 1. The van der Waals surface area contributed by atoms with Crippen molar-refractivity contribution >= 4 is 11.9 Å². The Morgan fingerprint density at radius 3 is 2.37 bits per heavy atom. The van der Waals surface area contributed by atoms with Gasteiger partial charge in [0.25, 0.3) is 5.91 Å². The van der Waals surface area contributed by atoms with Crippen LogP contribution in [0.3, 0.4) is 0 Å². The van der Waals surface area contributed by atoms with Crippen molar-refractivity contribution in [1.29, 1.82) is 0 Å². The topological polar surface area (TPSA) is 61.8 Å². The molecule has 0 N–H and O–H groups in total. The van der Waals surface area contributed by atoms with Gasteiger partial charge in [-0.15, -0.1) is 0 Å². The van der Waals surface area contributed by atoms with Gasteiger partial charge in [-0.2, -0.15) is 4.98 Å². The fourth-order valence-corrected chi connectivity index (χ4v) is 4.28. The summed E-state index contributed by atoms with van der Waals surface area (Å²) in [5.41, 5.74) is 0.625. The van der Waals surface area contributed by atoms with E-state index in [1.54, 1.807) is 6.07 Å². The zero-order valence-corrected chi connectivity index (χ0v) is 19.2. The molecular formula is C25H24F3N5O2. The van der Waals surface area contributed by atoms with Crippen LogP contribution in [0, 0.1) is 17.5 Å². The number of hydrogen-bond acceptors (Lipinski definition) is 6. The van der Waals surface area contributed by atoms with E-state index in [1.807, 2.05) is 7.05 Å². The molecule has 7 nitrogen and oxygen atoms in total. The number of fused-ring (bicyclic) bond motifs is 1. The number of carbonyl (C=O) groups is 1. The molecule has 0 spiro atoms. The Balaban J connectivity index is 1.50. The van der Waals surface area contributed by atoms with Gasteiger partial charge in [0.1, 0.15) is 28.8 Å². The van der Waals surface area contributed by atoms with Gasteiger partial charge in [-0.1, -0.05) is 12.1 Å². The Bertz CT molecular complexity index is 1240. The molecule has 0 radical (unpaired) electrons. The second-order valence-electron chi connectivity index (χ2n) is 8.68. The van der Waals surface area contributed by atoms with Crippen molar-refractivity contribution in [2.45, 2.75) is 13.0 Å². The lowest BCUT2D eigenvalue weighted by Gasteiger charge is -2.34. The van der Waals surface area contributed by atoms with E-state index in [2.05, 4.69) is 14.8 Å². The second-order valence-corrected chi connectivity index (χ2v) is 8.68. The number of ether oxygens (including phenoxy) is 1. The van der Waals surface area contributed by atoms with E-state index in [0.717, 1.165) is 38.3 Å². The summed E-state index contributed by atoms with van der Waals surface area (Å²) in [7, 11) is 2.05. The van der Waals surface area contributed by atoms with Crippen molar-refractivity contribution in [2.75, 3.05) is 44.7 Å². The summed E-state index contributed by atoms with van der Waals surface area (Å²) in [6.07, 6.45) is 0.361. The highest BCUT2D eigenvalue weighted by molar-refractivity contribution is 5.95. The number of aromatic nitrogens is 2. The van der Waals surface area contributed by atoms with Crippen molar-refractivity contribution in [2.24, 2.45) is 0 Å². The average molecular weight is 483 g/mol. The predicted octanol–water partition coefficient (Wildman–Crippen LogP) is 3.64. The van der Waals surface area contributed by atoms with Crippen LogP contribution in [-0.4, -0.2) is 65.4 Å². The van der Waals surface area contributed by atoms with Crippen LogP contribution in [0.1, 0.15) is 21.6 Å². The normalized spacial score (nSPS) is 16.2. The summed E-state index contributed by atoms with van der Waals surface area (Å²) in [4.78, 5) is 28.0. The minimum Gasteiger partial charge on any atom is -0.438 e. The monoisotopic (exact) mass is 483 g/mol. The van der Waals surface area contributed by atoms with Gasteiger partial charge in [0.05, 0.1) is 17.8 Å². The van der Waals surface area contributed by atoms with Crippen LogP contribution in [0.15, 0.2) is 42.5 Å². The standard InChI is InChI=1S/C25H24F3N5O2/c1-31-10-12-32(13-11-31)25-29-21-8-9-33(24(34)22-19(27)6-3-7-20(22)28)15-18(21)23(30-25)35-17-5-2-4-16(26)14-17/h2-7,14H,8-13,15H2,1H3. The molecule has 0 atom stereocenters. The molecule has 0 aliphatic carbocycles. The molecule has 182 valence electrons. The number of carbonyl (C=O) groups excluding carboxylic acids is 1. The Hall–Kier alpha value is -3.66. The maximum absolute atomic E-state index is 14.3. The molecule has 0 saturated carbocycles. The van der Waals surface area contributed by atoms with E-state index in [9.17, 15) is 18.0 Å². The highest BCUT2D eigenvalue weighted by atomic mass is 19.1. The molecule has 2 aromatic carbocycles. The van der Waals surface area contributed by atoms with Crippen LogP contribution in [0.5, 0.6) is 11.6 Å². The highest BCUT2D eigenvalue weighted by Crippen LogP contribution is 2.32. The largest absolute Gasteiger partial charge is 0.438 e. The Morgan fingerprint density at radius 2 is 1.66 bits per heavy atom. The van der Waals surface area contributed by atoms with Crippen LogP contribution in [-0.2, 0) is 13.0 Å². The summed E-state index contributed by atoms with van der Waals surface area (Å²) >= 11 is 0. The first-order valence-electron chi connectivity index (χ1n) is 11.4. The third-order valence-electron chi connectivity index (χ3n) is 6.27. The van der Waals surface area contributed by atoms with Gasteiger partial charge in [0.2, 0.25) is 11.8 Å². The summed E-state index contributed by atoms with van der Waals surface area (Å²) in [5, 5.41) is 0. The summed E-state index contributed by atoms with van der Waals surface area (Å²) in [6.45, 7) is 3.44. The molecule has 1 aromatic heterocycles. The first-order chi connectivity index (χ1) is 16.9. The third kappa shape index (κ3) is 4.79. The lowest BCUT2D eigenvalue weighted by atomic mass is 10.0. The van der Waals surface area contributed by atoms with E-state index < -0.39 is 28.9 Å². The lowest BCUT2D eigenvalue weighted by Crippen LogP contribution is -2.45. The molecule has 2 aliphatic rings. The van der Waals surface area contributed by atoms with Crippen LogP contribution >= 0.6 is 0 Å². The molecule has 10 heteroatoms. The fourth-order valence-electron chi connectivity index (χ4n) is 4.28. The SMILES string of the molecule is CN1CCN(c2nc3c(c(Oc4cccc(F)c4)n2)CN(C(=O)c2c(F)cccc2F)CC3)CC1. The Labute approximate surface area is 200 Å². The molecule has 1 saturated heterocycles. The van der Waals surface area contributed by atoms with Gasteiger partial charge in [-0.05, 0) is 31.3 Å². The van der Waals surface area contributed by atoms with Crippen molar-refractivity contribution in [3.05, 3.63) is 76.7 Å². The first-order valence-corrected chi connectivity index (χ1v) is 11.4. The maximum atomic E-state index is 14.3. The molecule has 35 heavy (non-hydrogen) atoms. The second kappa shape index (κ2) is 9.53. The Kier molecular flexibility index (Phi) is 6.29. The van der Waals surface area contributed by atoms with Crippen LogP contribution in [0.4, 0.5) is 19.1 Å². The summed E-state index contributed by atoms with van der Waals surface area (Å²) in [5.74, 6) is -2.11. The maximum Gasteiger partial charge on any atom is 0.260 e. The molecular weight excluding hydrogens is 459 g/mol. The number of rotatable bonds is 4. The van der Waals surface area contributed by atoms with Crippen molar-refractivity contribution in [3.8, 4) is 11.6 Å². The minimum atomic E-state index is -0.918. The zero-order chi connectivity index (χ0) is 24.5. The fraction of sp³-hybridized carbons (Fsp3) is 0.320. The van der Waals surface area contributed by atoms with Gasteiger partial charge < -0.3 is 19.4 Å². The smallest absolute Gasteiger partial charge is 0.260 e. The van der Waals surface area contributed by atoms with Gasteiger partial charge in [0.15, 0.2) is 0 Å². The quantitative estimate of drug-likeness (QED) is 0.565. The number of piperazine rings is 1. The van der Waals surface area contributed by atoms with E-state index in [-0.39, 0.29) is 24.7 Å². The van der Waals surface area contributed by atoms with Crippen molar-refractivity contribution in [1.82, 2.24) is 19.8 Å². The van der Waals surface area contributed by atoms with E-state index in [0.29, 0.717) is 23.6 Å². The Morgan fingerprint density at radius 1 is 0.943 bits per heavy atom. The number of likely N-dealkylation sites (N-methyl/N-ethyl adjacent to an activating group) is 1. The van der Waals surface area contributed by atoms with Crippen molar-refractivity contribution < 1.29 is 22.7 Å². The lowest BCUT2D eigenvalue weighted by molar-refractivity contribution is 0.0722. The third-order valence-corrected chi connectivity index (χ3v) is 6.27. The van der Waals surface area contributed by atoms with E-state index in [1.165, 1.54) is 29.2 Å². The zero-order valence-electron chi connectivity index (χ0n) is 19.2. The molecule has 2 aliphatic heterocycles. The van der Waals surface area contributed by atoms with Gasteiger partial charge in [-0.25, -0.2) is 18.2 Å². The van der Waals surface area contributed by atoms with Gasteiger partial charge >= 0.3 is 0 Å². The summed E-state index contributed by atoms with van der Waals surface area (Å²) < 4.78 is 48.3. The van der Waals surface area contributed by atoms with Crippen LogP contribution < -0.4 is 9.64 Å². The molecule has 0 bridgehead atoms. The minimum absolute atomic E-state index is 0.00953. The van der Waals surface area contributed by atoms with Gasteiger partial charge in [-0.3, -0.25) is 4.79 Å².